The maximum atomic E-state index is 12.8. The molecule has 0 aromatic carbocycles. The van der Waals surface area contributed by atoms with E-state index in [0.717, 1.165) is 4.90 Å². The van der Waals surface area contributed by atoms with Crippen molar-refractivity contribution < 1.29 is 44.1 Å². The number of carbonyl (C=O) groups excluding carboxylic acids is 4. The highest BCUT2D eigenvalue weighted by atomic mass is 16.4. The first kappa shape index (κ1) is 26.8. The molecule has 0 aliphatic carbocycles. The first-order chi connectivity index (χ1) is 14.8. The zero-order valence-electron chi connectivity index (χ0n) is 17.5. The van der Waals surface area contributed by atoms with Crippen LogP contribution in [0.3, 0.4) is 0 Å². The molecule has 0 saturated carbocycles. The first-order valence-corrected chi connectivity index (χ1v) is 9.92. The lowest BCUT2D eigenvalue weighted by atomic mass is 10.1. The third kappa shape index (κ3) is 7.77. The van der Waals surface area contributed by atoms with E-state index in [1.807, 2.05) is 0 Å². The van der Waals surface area contributed by atoms with E-state index in [2.05, 4.69) is 10.6 Å². The highest BCUT2D eigenvalue weighted by Crippen LogP contribution is 2.19. The molecular formula is C18H29N5O9. The number of aliphatic hydroxyl groups excluding tert-OH is 1. The molecule has 1 fully saturated rings. The largest absolute Gasteiger partial charge is 0.481 e. The van der Waals surface area contributed by atoms with E-state index in [4.69, 9.17) is 16.6 Å². The fourth-order valence-electron chi connectivity index (χ4n) is 3.18. The lowest BCUT2D eigenvalue weighted by Gasteiger charge is -2.28. The van der Waals surface area contributed by atoms with Gasteiger partial charge in [0.1, 0.15) is 24.2 Å². The molecule has 1 heterocycles. The van der Waals surface area contributed by atoms with Crippen molar-refractivity contribution in [3.05, 3.63) is 0 Å². The standard InChI is InChI=1S/C18H29N5O9/c1-8(24)14(20)16(29)21-9(4-5-13(26)27)15(28)22-10(7-12(19)25)17(30)23-6-2-3-11(23)18(31)32/h8-11,14,24H,2-7,20H2,1H3,(H2,19,25)(H,21,29)(H,22,28)(H,26,27)(H,31,32). The van der Waals surface area contributed by atoms with Crippen molar-refractivity contribution in [3.63, 3.8) is 0 Å². The van der Waals surface area contributed by atoms with Crippen LogP contribution in [0.1, 0.15) is 39.0 Å². The Hall–Kier alpha value is -3.26. The Balaban J connectivity index is 3.04. The molecule has 0 bridgehead atoms. The van der Waals surface area contributed by atoms with Crippen LogP contribution in [0, 0.1) is 0 Å². The predicted molar refractivity (Wildman–Crippen MR) is 107 cm³/mol. The number of rotatable bonds is 12. The molecule has 14 nitrogen and oxygen atoms in total. The number of nitrogens with two attached hydrogens (primary N) is 2. The maximum absolute atomic E-state index is 12.8. The number of amides is 4. The third-order valence-electron chi connectivity index (χ3n) is 4.94. The van der Waals surface area contributed by atoms with Crippen LogP contribution >= 0.6 is 0 Å². The summed E-state index contributed by atoms with van der Waals surface area (Å²) in [6.45, 7) is 1.34. The van der Waals surface area contributed by atoms with Crippen molar-refractivity contribution in [1.29, 1.82) is 0 Å². The fraction of sp³-hybridized carbons (Fsp3) is 0.667. The number of aliphatic hydroxyl groups is 1. The summed E-state index contributed by atoms with van der Waals surface area (Å²) in [5.41, 5.74) is 10.7. The molecule has 14 heteroatoms. The average Bonchev–Trinajstić information content (AvgIpc) is 3.18. The summed E-state index contributed by atoms with van der Waals surface area (Å²) in [5, 5.41) is 32.1. The number of carboxylic acid groups (broad SMARTS) is 2. The highest BCUT2D eigenvalue weighted by Gasteiger charge is 2.39. The van der Waals surface area contributed by atoms with Crippen LogP contribution in [0.2, 0.25) is 0 Å². The summed E-state index contributed by atoms with van der Waals surface area (Å²) in [6.07, 6.45) is -2.19. The normalized spacial score (nSPS) is 19.3. The molecular weight excluding hydrogens is 430 g/mol. The summed E-state index contributed by atoms with van der Waals surface area (Å²) < 4.78 is 0. The quantitative estimate of drug-likeness (QED) is 0.152. The van der Waals surface area contributed by atoms with Crippen LogP contribution in [0.25, 0.3) is 0 Å². The second-order valence-electron chi connectivity index (χ2n) is 7.52. The van der Waals surface area contributed by atoms with Crippen LogP contribution in [0.4, 0.5) is 0 Å². The second-order valence-corrected chi connectivity index (χ2v) is 7.52. The Morgan fingerprint density at radius 1 is 1.06 bits per heavy atom. The number of nitrogens with one attached hydrogen (secondary N) is 2. The molecule has 1 rings (SSSR count). The second kappa shape index (κ2) is 12.0. The number of hydrogen-bond donors (Lipinski definition) is 7. The van der Waals surface area contributed by atoms with Gasteiger partial charge in [-0.2, -0.15) is 0 Å². The van der Waals surface area contributed by atoms with Crippen molar-refractivity contribution in [2.45, 2.75) is 69.3 Å². The van der Waals surface area contributed by atoms with Gasteiger partial charge in [0.25, 0.3) is 0 Å². The number of carboxylic acids is 2. The Labute approximate surface area is 183 Å². The number of hydrogen-bond acceptors (Lipinski definition) is 8. The molecule has 5 unspecified atom stereocenters. The summed E-state index contributed by atoms with van der Waals surface area (Å²) in [7, 11) is 0. The van der Waals surface area contributed by atoms with Gasteiger partial charge >= 0.3 is 11.9 Å². The molecule has 180 valence electrons. The Morgan fingerprint density at radius 3 is 2.16 bits per heavy atom. The van der Waals surface area contributed by atoms with E-state index in [-0.39, 0.29) is 19.4 Å². The summed E-state index contributed by atoms with van der Waals surface area (Å²) in [6, 6.07) is -5.50. The molecule has 5 atom stereocenters. The van der Waals surface area contributed by atoms with Crippen molar-refractivity contribution in [3.8, 4) is 0 Å². The van der Waals surface area contributed by atoms with Crippen LogP contribution in [0.5, 0.6) is 0 Å². The molecule has 1 saturated heterocycles. The van der Waals surface area contributed by atoms with Gasteiger partial charge in [-0.3, -0.25) is 24.0 Å². The summed E-state index contributed by atoms with van der Waals surface area (Å²) >= 11 is 0. The fourth-order valence-corrected chi connectivity index (χ4v) is 3.18. The molecule has 1 aliphatic rings. The van der Waals surface area contributed by atoms with Crippen molar-refractivity contribution >= 4 is 35.6 Å². The third-order valence-corrected chi connectivity index (χ3v) is 4.94. The number of nitrogens with zero attached hydrogens (tertiary/aromatic N) is 1. The summed E-state index contributed by atoms with van der Waals surface area (Å²) in [5.74, 6) is -6.22. The Kier molecular flexibility index (Phi) is 10.00. The smallest absolute Gasteiger partial charge is 0.326 e. The Morgan fingerprint density at radius 2 is 1.66 bits per heavy atom. The molecule has 1 aliphatic heterocycles. The minimum absolute atomic E-state index is 0.101. The van der Waals surface area contributed by atoms with Crippen LogP contribution in [0.15, 0.2) is 0 Å². The predicted octanol–water partition coefficient (Wildman–Crippen LogP) is -3.52. The SMILES string of the molecule is CC(O)C(N)C(=O)NC(CCC(=O)O)C(=O)NC(CC(N)=O)C(=O)N1CCCC1C(=O)O. The number of carbonyl (C=O) groups is 6. The van der Waals surface area contributed by atoms with Gasteiger partial charge < -0.3 is 42.3 Å². The van der Waals surface area contributed by atoms with Gasteiger partial charge in [-0.1, -0.05) is 0 Å². The van der Waals surface area contributed by atoms with E-state index < -0.39 is 78.7 Å². The summed E-state index contributed by atoms with van der Waals surface area (Å²) in [4.78, 5) is 72.5. The van der Waals surface area contributed by atoms with Crippen LogP contribution < -0.4 is 22.1 Å². The van der Waals surface area contributed by atoms with Gasteiger partial charge in [0.2, 0.25) is 23.6 Å². The minimum atomic E-state index is -1.52. The minimum Gasteiger partial charge on any atom is -0.481 e. The molecule has 9 N–H and O–H groups in total. The van der Waals surface area contributed by atoms with E-state index in [0.29, 0.717) is 6.42 Å². The maximum Gasteiger partial charge on any atom is 0.326 e. The van der Waals surface area contributed by atoms with Crippen LogP contribution in [-0.2, 0) is 28.8 Å². The van der Waals surface area contributed by atoms with Gasteiger partial charge in [0.05, 0.1) is 12.5 Å². The lowest BCUT2D eigenvalue weighted by molar-refractivity contribution is -0.149. The van der Waals surface area contributed by atoms with E-state index in [1.54, 1.807) is 0 Å². The van der Waals surface area contributed by atoms with Gasteiger partial charge in [0.15, 0.2) is 0 Å². The molecule has 0 radical (unpaired) electrons. The van der Waals surface area contributed by atoms with Gasteiger partial charge in [0, 0.05) is 13.0 Å². The van der Waals surface area contributed by atoms with Crippen LogP contribution in [-0.4, -0.2) is 92.6 Å². The monoisotopic (exact) mass is 459 g/mol. The van der Waals surface area contributed by atoms with E-state index in [9.17, 15) is 39.0 Å². The van der Waals surface area contributed by atoms with Crippen molar-refractivity contribution in [2.75, 3.05) is 6.54 Å². The first-order valence-electron chi connectivity index (χ1n) is 9.92. The molecule has 4 amide bonds. The lowest BCUT2D eigenvalue weighted by Crippen LogP contribution is -2.58. The Bertz CT molecular complexity index is 757. The zero-order valence-corrected chi connectivity index (χ0v) is 17.5. The van der Waals surface area contributed by atoms with Gasteiger partial charge in [-0.25, -0.2) is 4.79 Å². The van der Waals surface area contributed by atoms with Crippen molar-refractivity contribution in [2.24, 2.45) is 11.5 Å². The van der Waals surface area contributed by atoms with Gasteiger partial charge in [-0.15, -0.1) is 0 Å². The topological polar surface area (TPSA) is 242 Å². The average molecular weight is 459 g/mol. The number of likely N-dealkylation sites (tertiary alicyclic amines) is 1. The van der Waals surface area contributed by atoms with Gasteiger partial charge in [-0.05, 0) is 26.2 Å². The van der Waals surface area contributed by atoms with E-state index >= 15 is 0 Å². The molecule has 32 heavy (non-hydrogen) atoms. The van der Waals surface area contributed by atoms with Crippen molar-refractivity contribution in [1.82, 2.24) is 15.5 Å². The number of aliphatic carboxylic acids is 2. The zero-order chi connectivity index (χ0) is 24.6. The van der Waals surface area contributed by atoms with E-state index in [1.165, 1.54) is 6.92 Å². The molecule has 0 aromatic rings. The molecule has 0 spiro atoms. The molecule has 0 aromatic heterocycles. The number of primary amides is 1. The highest BCUT2D eigenvalue weighted by molar-refractivity contribution is 5.96.